The number of carbonyl (C=O) groups excluding carboxylic acids is 1. The monoisotopic (exact) mass is 352 g/mol. The second-order valence-electron chi connectivity index (χ2n) is 5.48. The quantitative estimate of drug-likeness (QED) is 0.672. The summed E-state index contributed by atoms with van der Waals surface area (Å²) in [4.78, 5) is 16.8. The minimum absolute atomic E-state index is 0.289. The molecule has 3 rings (SSSR count). The maximum Gasteiger partial charge on any atom is 0.341 e. The number of esters is 1. The first-order valence-electron chi connectivity index (χ1n) is 8.21. The molecule has 6 nitrogen and oxygen atoms in total. The molecular formula is C20H20N2O4. The highest BCUT2D eigenvalue weighted by atomic mass is 16.5. The molecule has 1 heterocycles. The van der Waals surface area contributed by atoms with E-state index < -0.39 is 5.97 Å². The normalized spacial score (nSPS) is 10.4. The van der Waals surface area contributed by atoms with Gasteiger partial charge in [-0.15, -0.1) is 0 Å². The lowest BCUT2D eigenvalue weighted by atomic mass is 10.1. The number of nitrogens with one attached hydrogen (secondary N) is 1. The number of fused-ring (bicyclic) bond motifs is 1. The Labute approximate surface area is 151 Å². The van der Waals surface area contributed by atoms with E-state index in [0.29, 0.717) is 22.5 Å². The van der Waals surface area contributed by atoms with E-state index in [9.17, 15) is 4.79 Å². The molecule has 0 unspecified atom stereocenters. The third-order valence-electron chi connectivity index (χ3n) is 3.94. The lowest BCUT2D eigenvalue weighted by molar-refractivity contribution is 0.0527. The summed E-state index contributed by atoms with van der Waals surface area (Å²) in [6.45, 7) is 2.06. The van der Waals surface area contributed by atoms with E-state index in [1.807, 2.05) is 42.5 Å². The first-order chi connectivity index (χ1) is 12.7. The lowest BCUT2D eigenvalue weighted by Crippen LogP contribution is -2.09. The molecule has 0 aliphatic heterocycles. The van der Waals surface area contributed by atoms with Crippen LogP contribution in [0.2, 0.25) is 0 Å². The highest BCUT2D eigenvalue weighted by Gasteiger charge is 2.18. The lowest BCUT2D eigenvalue weighted by Gasteiger charge is -2.15. The third kappa shape index (κ3) is 3.39. The van der Waals surface area contributed by atoms with Crippen molar-refractivity contribution >= 4 is 28.2 Å². The molecule has 0 fully saturated rings. The van der Waals surface area contributed by atoms with Gasteiger partial charge < -0.3 is 19.5 Å². The Hall–Kier alpha value is -3.28. The van der Waals surface area contributed by atoms with Crippen LogP contribution in [0.15, 0.2) is 48.7 Å². The Bertz CT molecular complexity index is 923. The summed E-state index contributed by atoms with van der Waals surface area (Å²) in [6.07, 6.45) is 1.51. The fourth-order valence-electron chi connectivity index (χ4n) is 2.68. The van der Waals surface area contributed by atoms with E-state index in [1.54, 1.807) is 21.1 Å². The average molecular weight is 352 g/mol. The van der Waals surface area contributed by atoms with Gasteiger partial charge in [-0.3, -0.25) is 4.98 Å². The number of rotatable bonds is 6. The Morgan fingerprint density at radius 3 is 2.50 bits per heavy atom. The molecule has 0 saturated heterocycles. The smallest absolute Gasteiger partial charge is 0.341 e. The van der Waals surface area contributed by atoms with Gasteiger partial charge in [0.15, 0.2) is 0 Å². The largest absolute Gasteiger partial charge is 0.497 e. The van der Waals surface area contributed by atoms with Crippen LogP contribution in [-0.4, -0.2) is 31.8 Å². The molecule has 1 aromatic heterocycles. The van der Waals surface area contributed by atoms with Gasteiger partial charge >= 0.3 is 5.97 Å². The standard InChI is InChI=1S/C20H20N2O4/c1-4-26-20(23)16-12-21-19-15(6-5-7-17(19)25-3)18(16)22-13-8-10-14(24-2)11-9-13/h5-12H,4H2,1-3H3,(H,21,22). The molecule has 134 valence electrons. The van der Waals surface area contributed by atoms with E-state index in [0.717, 1.165) is 16.8 Å². The number of para-hydroxylation sites is 1. The van der Waals surface area contributed by atoms with Crippen LogP contribution in [0.1, 0.15) is 17.3 Å². The van der Waals surface area contributed by atoms with Gasteiger partial charge in [0.25, 0.3) is 0 Å². The van der Waals surface area contributed by atoms with Crippen LogP contribution in [0.5, 0.6) is 11.5 Å². The summed E-state index contributed by atoms with van der Waals surface area (Å²) in [5.74, 6) is 0.957. The zero-order valence-electron chi connectivity index (χ0n) is 14.9. The van der Waals surface area contributed by atoms with Crippen molar-refractivity contribution in [1.29, 1.82) is 0 Å². The van der Waals surface area contributed by atoms with Gasteiger partial charge in [-0.1, -0.05) is 12.1 Å². The molecule has 3 aromatic rings. The molecule has 0 radical (unpaired) electrons. The molecule has 26 heavy (non-hydrogen) atoms. The van der Waals surface area contributed by atoms with Crippen molar-refractivity contribution in [1.82, 2.24) is 4.98 Å². The van der Waals surface area contributed by atoms with Crippen LogP contribution in [0, 0.1) is 0 Å². The zero-order chi connectivity index (χ0) is 18.5. The first-order valence-corrected chi connectivity index (χ1v) is 8.21. The molecule has 0 aliphatic rings. The molecule has 0 amide bonds. The number of anilines is 2. The Morgan fingerprint density at radius 2 is 1.85 bits per heavy atom. The topological polar surface area (TPSA) is 69.7 Å². The molecule has 0 atom stereocenters. The minimum Gasteiger partial charge on any atom is -0.497 e. The van der Waals surface area contributed by atoms with Gasteiger partial charge in [-0.2, -0.15) is 0 Å². The van der Waals surface area contributed by atoms with Crippen LogP contribution in [0.3, 0.4) is 0 Å². The van der Waals surface area contributed by atoms with E-state index in [-0.39, 0.29) is 6.61 Å². The van der Waals surface area contributed by atoms with Crippen molar-refractivity contribution in [3.8, 4) is 11.5 Å². The van der Waals surface area contributed by atoms with Crippen LogP contribution in [-0.2, 0) is 4.74 Å². The minimum atomic E-state index is -0.430. The Kier molecular flexibility index (Phi) is 5.22. The van der Waals surface area contributed by atoms with E-state index in [1.165, 1.54) is 6.20 Å². The van der Waals surface area contributed by atoms with Gasteiger partial charge in [0.05, 0.1) is 26.5 Å². The Morgan fingerprint density at radius 1 is 1.08 bits per heavy atom. The average Bonchev–Trinajstić information content (AvgIpc) is 2.68. The number of ether oxygens (including phenoxy) is 3. The van der Waals surface area contributed by atoms with Crippen LogP contribution in [0.4, 0.5) is 11.4 Å². The van der Waals surface area contributed by atoms with Crippen molar-refractivity contribution < 1.29 is 19.0 Å². The maximum atomic E-state index is 12.4. The number of aromatic nitrogens is 1. The maximum absolute atomic E-state index is 12.4. The van der Waals surface area contributed by atoms with Crippen molar-refractivity contribution in [3.63, 3.8) is 0 Å². The van der Waals surface area contributed by atoms with Crippen LogP contribution >= 0.6 is 0 Å². The second kappa shape index (κ2) is 7.74. The predicted octanol–water partition coefficient (Wildman–Crippen LogP) is 4.17. The first kappa shape index (κ1) is 17.5. The molecule has 0 bridgehead atoms. The molecule has 1 N–H and O–H groups in total. The fourth-order valence-corrected chi connectivity index (χ4v) is 2.68. The van der Waals surface area contributed by atoms with E-state index in [4.69, 9.17) is 14.2 Å². The zero-order valence-corrected chi connectivity index (χ0v) is 14.9. The van der Waals surface area contributed by atoms with Gasteiger partial charge in [0.2, 0.25) is 0 Å². The molecular weight excluding hydrogens is 332 g/mol. The highest BCUT2D eigenvalue weighted by Crippen LogP contribution is 2.34. The van der Waals surface area contributed by atoms with Gasteiger partial charge in [0, 0.05) is 17.3 Å². The van der Waals surface area contributed by atoms with E-state index >= 15 is 0 Å². The number of carbonyl (C=O) groups is 1. The van der Waals surface area contributed by atoms with Crippen molar-refractivity contribution in [2.45, 2.75) is 6.92 Å². The van der Waals surface area contributed by atoms with Crippen molar-refractivity contribution in [2.24, 2.45) is 0 Å². The van der Waals surface area contributed by atoms with Crippen LogP contribution in [0.25, 0.3) is 10.9 Å². The number of benzene rings is 2. The molecule has 6 heteroatoms. The SMILES string of the molecule is CCOC(=O)c1cnc2c(OC)cccc2c1Nc1ccc(OC)cc1. The second-order valence-corrected chi connectivity index (χ2v) is 5.48. The molecule has 0 spiro atoms. The summed E-state index contributed by atoms with van der Waals surface area (Å²) in [7, 11) is 3.20. The number of hydrogen-bond acceptors (Lipinski definition) is 6. The van der Waals surface area contributed by atoms with Crippen LogP contribution < -0.4 is 14.8 Å². The van der Waals surface area contributed by atoms with E-state index in [2.05, 4.69) is 10.3 Å². The fraction of sp³-hybridized carbons (Fsp3) is 0.200. The third-order valence-corrected chi connectivity index (χ3v) is 3.94. The van der Waals surface area contributed by atoms with Crippen molar-refractivity contribution in [3.05, 3.63) is 54.2 Å². The Balaban J connectivity index is 2.14. The number of nitrogens with zero attached hydrogens (tertiary/aromatic N) is 1. The summed E-state index contributed by atoms with van der Waals surface area (Å²) >= 11 is 0. The predicted molar refractivity (Wildman–Crippen MR) is 101 cm³/mol. The molecule has 0 aliphatic carbocycles. The molecule has 2 aromatic carbocycles. The number of methoxy groups -OCH3 is 2. The van der Waals surface area contributed by atoms with Gasteiger partial charge in [-0.05, 0) is 37.3 Å². The molecule has 0 saturated carbocycles. The summed E-state index contributed by atoms with van der Waals surface area (Å²) in [5, 5.41) is 4.07. The van der Waals surface area contributed by atoms with Gasteiger partial charge in [0.1, 0.15) is 22.6 Å². The summed E-state index contributed by atoms with van der Waals surface area (Å²) < 4.78 is 15.8. The van der Waals surface area contributed by atoms with Gasteiger partial charge in [-0.25, -0.2) is 4.79 Å². The highest BCUT2D eigenvalue weighted by molar-refractivity contribution is 6.07. The summed E-state index contributed by atoms with van der Waals surface area (Å²) in [5.41, 5.74) is 2.46. The summed E-state index contributed by atoms with van der Waals surface area (Å²) in [6, 6.07) is 13.0. The number of hydrogen-bond donors (Lipinski definition) is 1. The number of pyridine rings is 1. The van der Waals surface area contributed by atoms with Crippen molar-refractivity contribution in [2.75, 3.05) is 26.1 Å².